The molecule has 0 aliphatic carbocycles. The number of nitro groups is 1. The third-order valence-corrected chi connectivity index (χ3v) is 6.71. The number of nitro benzene ring substituents is 1. The highest BCUT2D eigenvalue weighted by Crippen LogP contribution is 2.32. The number of sulfonamides is 1. The van der Waals surface area contributed by atoms with Crippen LogP contribution in [-0.4, -0.2) is 51.0 Å². The molecule has 0 atom stereocenters. The van der Waals surface area contributed by atoms with Crippen molar-refractivity contribution >= 4 is 21.4 Å². The second kappa shape index (κ2) is 8.44. The van der Waals surface area contributed by atoms with Crippen LogP contribution in [0.25, 0.3) is 0 Å². The molecular weight excluding hydrogens is 401 g/mol. The number of ether oxygens (including phenoxy) is 1. The number of hydrogen-bond donors (Lipinski definition) is 0. The highest BCUT2D eigenvalue weighted by molar-refractivity contribution is 7.89. The van der Waals surface area contributed by atoms with E-state index in [0.717, 1.165) is 6.07 Å². The van der Waals surface area contributed by atoms with Crippen molar-refractivity contribution < 1.29 is 22.5 Å². The highest BCUT2D eigenvalue weighted by Gasteiger charge is 2.29. The molecule has 1 fully saturated rings. The van der Waals surface area contributed by atoms with Crippen molar-refractivity contribution in [2.45, 2.75) is 18.4 Å². The van der Waals surface area contributed by atoms with Crippen LogP contribution in [0.4, 0.5) is 15.8 Å². The third-order valence-electron chi connectivity index (χ3n) is 4.82. The van der Waals surface area contributed by atoms with Crippen LogP contribution in [0.3, 0.4) is 0 Å². The quantitative estimate of drug-likeness (QED) is 0.524. The lowest BCUT2D eigenvalue weighted by atomic mass is 10.1. The molecule has 0 aromatic heterocycles. The molecule has 29 heavy (non-hydrogen) atoms. The van der Waals surface area contributed by atoms with E-state index in [1.807, 2.05) is 0 Å². The molecule has 10 heteroatoms. The van der Waals surface area contributed by atoms with E-state index in [1.54, 1.807) is 31.0 Å². The van der Waals surface area contributed by atoms with Crippen LogP contribution in [-0.2, 0) is 21.3 Å². The SMILES string of the molecule is Cc1ccc(CN(C)c2ccc(S(=O)(=O)N3CCOCC3)cc2[N+](=O)[O-])cc1F. The minimum atomic E-state index is -3.85. The summed E-state index contributed by atoms with van der Waals surface area (Å²) in [7, 11) is -2.21. The molecule has 1 aliphatic heterocycles. The van der Waals surface area contributed by atoms with Crippen molar-refractivity contribution in [2.24, 2.45) is 0 Å². The topological polar surface area (TPSA) is 93.0 Å². The Morgan fingerprint density at radius 3 is 2.52 bits per heavy atom. The van der Waals surface area contributed by atoms with Crippen molar-refractivity contribution in [1.82, 2.24) is 4.31 Å². The average Bonchev–Trinajstić information content (AvgIpc) is 2.70. The second-order valence-corrected chi connectivity index (χ2v) is 8.80. The van der Waals surface area contributed by atoms with Gasteiger partial charge >= 0.3 is 0 Å². The van der Waals surface area contributed by atoms with Crippen molar-refractivity contribution in [3.8, 4) is 0 Å². The van der Waals surface area contributed by atoms with Crippen molar-refractivity contribution in [2.75, 3.05) is 38.3 Å². The Morgan fingerprint density at radius 2 is 1.90 bits per heavy atom. The molecule has 1 heterocycles. The number of morpholine rings is 1. The van der Waals surface area contributed by atoms with E-state index >= 15 is 0 Å². The van der Waals surface area contributed by atoms with E-state index in [2.05, 4.69) is 0 Å². The number of nitrogens with zero attached hydrogens (tertiary/aromatic N) is 3. The first-order chi connectivity index (χ1) is 13.7. The Morgan fingerprint density at radius 1 is 1.21 bits per heavy atom. The fourth-order valence-corrected chi connectivity index (χ4v) is 4.59. The Kier molecular flexibility index (Phi) is 6.15. The van der Waals surface area contributed by atoms with Crippen molar-refractivity contribution in [3.63, 3.8) is 0 Å². The molecule has 8 nitrogen and oxygen atoms in total. The monoisotopic (exact) mass is 423 g/mol. The van der Waals surface area contributed by atoms with E-state index in [-0.39, 0.29) is 54.9 Å². The Balaban J connectivity index is 1.91. The maximum absolute atomic E-state index is 13.8. The molecule has 0 amide bonds. The normalized spacial score (nSPS) is 15.3. The lowest BCUT2D eigenvalue weighted by Gasteiger charge is -2.26. The van der Waals surface area contributed by atoms with Crippen LogP contribution in [0.1, 0.15) is 11.1 Å². The standard InChI is InChI=1S/C19H22FN3O5S/c1-14-3-4-15(11-17(14)20)13-21(2)18-6-5-16(12-19(18)23(24)25)29(26,27)22-7-9-28-10-8-22/h3-6,11-12H,7-10,13H2,1-2H3. The fraction of sp³-hybridized carbons (Fsp3) is 0.368. The van der Waals surface area contributed by atoms with Gasteiger partial charge in [-0.2, -0.15) is 4.31 Å². The molecule has 0 bridgehead atoms. The Bertz CT molecular complexity index is 1020. The van der Waals surface area contributed by atoms with Gasteiger partial charge in [-0.05, 0) is 36.2 Å². The summed E-state index contributed by atoms with van der Waals surface area (Å²) >= 11 is 0. The lowest BCUT2D eigenvalue weighted by molar-refractivity contribution is -0.384. The van der Waals surface area contributed by atoms with Gasteiger partial charge in [-0.25, -0.2) is 12.8 Å². The molecule has 1 saturated heterocycles. The first kappa shape index (κ1) is 21.2. The average molecular weight is 423 g/mol. The number of hydrogen-bond acceptors (Lipinski definition) is 6. The largest absolute Gasteiger partial charge is 0.379 e. The Hall–Kier alpha value is -2.56. The van der Waals surface area contributed by atoms with E-state index in [0.29, 0.717) is 11.1 Å². The summed E-state index contributed by atoms with van der Waals surface area (Å²) in [5, 5.41) is 11.6. The minimum absolute atomic E-state index is 0.135. The summed E-state index contributed by atoms with van der Waals surface area (Å²) in [6, 6.07) is 8.62. The van der Waals surface area contributed by atoms with Crippen LogP contribution in [0.5, 0.6) is 0 Å². The fourth-order valence-electron chi connectivity index (χ4n) is 3.16. The van der Waals surface area contributed by atoms with Gasteiger partial charge in [-0.3, -0.25) is 10.1 Å². The maximum atomic E-state index is 13.8. The first-order valence-electron chi connectivity index (χ1n) is 9.02. The lowest BCUT2D eigenvalue weighted by Crippen LogP contribution is -2.40. The zero-order valence-corrected chi connectivity index (χ0v) is 17.0. The van der Waals surface area contributed by atoms with Crippen LogP contribution in [0.2, 0.25) is 0 Å². The number of anilines is 1. The van der Waals surface area contributed by atoms with Crippen LogP contribution in [0.15, 0.2) is 41.3 Å². The summed E-state index contributed by atoms with van der Waals surface area (Å²) in [6.45, 7) is 2.87. The molecule has 0 N–H and O–H groups in total. The van der Waals surface area contributed by atoms with E-state index in [1.165, 1.54) is 22.5 Å². The summed E-state index contributed by atoms with van der Waals surface area (Å²) in [4.78, 5) is 12.5. The number of halogens is 1. The van der Waals surface area contributed by atoms with Gasteiger partial charge in [0, 0.05) is 32.7 Å². The summed E-state index contributed by atoms with van der Waals surface area (Å²) in [5.41, 5.74) is 1.08. The van der Waals surface area contributed by atoms with Crippen LogP contribution in [0, 0.1) is 22.9 Å². The van der Waals surface area contributed by atoms with Gasteiger partial charge in [-0.15, -0.1) is 0 Å². The molecule has 2 aromatic carbocycles. The molecular formula is C19H22FN3O5S. The number of rotatable bonds is 6. The second-order valence-electron chi connectivity index (χ2n) is 6.86. The molecule has 0 radical (unpaired) electrons. The van der Waals surface area contributed by atoms with Gasteiger partial charge in [0.2, 0.25) is 10.0 Å². The zero-order chi connectivity index (χ0) is 21.2. The van der Waals surface area contributed by atoms with Gasteiger partial charge in [-0.1, -0.05) is 12.1 Å². The van der Waals surface area contributed by atoms with Gasteiger partial charge < -0.3 is 9.64 Å². The zero-order valence-electron chi connectivity index (χ0n) is 16.2. The molecule has 0 unspecified atom stereocenters. The highest BCUT2D eigenvalue weighted by atomic mass is 32.2. The smallest absolute Gasteiger partial charge is 0.293 e. The van der Waals surface area contributed by atoms with Crippen molar-refractivity contribution in [1.29, 1.82) is 0 Å². The van der Waals surface area contributed by atoms with Gasteiger partial charge in [0.05, 0.1) is 23.0 Å². The molecule has 0 spiro atoms. The Labute approximate surface area is 168 Å². The van der Waals surface area contributed by atoms with E-state index in [4.69, 9.17) is 4.74 Å². The first-order valence-corrected chi connectivity index (χ1v) is 10.5. The van der Waals surface area contributed by atoms with E-state index in [9.17, 15) is 22.9 Å². The third kappa shape index (κ3) is 4.55. The van der Waals surface area contributed by atoms with Gasteiger partial charge in [0.15, 0.2) is 0 Å². The molecule has 2 aromatic rings. The molecule has 0 saturated carbocycles. The molecule has 1 aliphatic rings. The summed E-state index contributed by atoms with van der Waals surface area (Å²) in [5.74, 6) is -0.350. The minimum Gasteiger partial charge on any atom is -0.379 e. The summed E-state index contributed by atoms with van der Waals surface area (Å²) < 4.78 is 45.8. The van der Waals surface area contributed by atoms with Crippen LogP contribution < -0.4 is 4.90 Å². The number of benzene rings is 2. The van der Waals surface area contributed by atoms with Gasteiger partial charge in [0.1, 0.15) is 11.5 Å². The van der Waals surface area contributed by atoms with E-state index < -0.39 is 14.9 Å². The predicted octanol–water partition coefficient (Wildman–Crippen LogP) is 2.70. The molecule has 156 valence electrons. The maximum Gasteiger partial charge on any atom is 0.293 e. The molecule has 3 rings (SSSR count). The van der Waals surface area contributed by atoms with Crippen LogP contribution >= 0.6 is 0 Å². The predicted molar refractivity (Wildman–Crippen MR) is 106 cm³/mol. The van der Waals surface area contributed by atoms with Gasteiger partial charge in [0.25, 0.3) is 5.69 Å². The number of aryl methyl sites for hydroxylation is 1. The van der Waals surface area contributed by atoms with Crippen molar-refractivity contribution in [3.05, 3.63) is 63.5 Å². The summed E-state index contributed by atoms with van der Waals surface area (Å²) in [6.07, 6.45) is 0.